The Kier molecular flexibility index (Phi) is 4.27. The van der Waals surface area contributed by atoms with Crippen LogP contribution >= 0.6 is 0 Å². The van der Waals surface area contributed by atoms with E-state index in [1.165, 1.54) is 27.5 Å². The van der Waals surface area contributed by atoms with Gasteiger partial charge in [0.25, 0.3) is 5.56 Å². The third kappa shape index (κ3) is 2.91. The highest BCUT2D eigenvalue weighted by atomic mass is 19.1. The molecular formula is C21H16FN7O. The van der Waals surface area contributed by atoms with E-state index in [2.05, 4.69) is 25.3 Å². The molecular weight excluding hydrogens is 385 g/mol. The largest absolute Gasteiger partial charge is 0.291 e. The molecule has 0 N–H and O–H groups in total. The number of aryl methyl sites for hydroxylation is 1. The third-order valence-corrected chi connectivity index (χ3v) is 4.90. The molecule has 0 spiro atoms. The van der Waals surface area contributed by atoms with E-state index in [9.17, 15) is 9.18 Å². The highest BCUT2D eigenvalue weighted by Gasteiger charge is 2.19. The predicted octanol–water partition coefficient (Wildman–Crippen LogP) is 2.65. The molecule has 0 unspecified atom stereocenters. The summed E-state index contributed by atoms with van der Waals surface area (Å²) in [5, 5.41) is 13.0. The van der Waals surface area contributed by atoms with Gasteiger partial charge in [-0.15, -0.1) is 10.2 Å². The number of pyridine rings is 1. The van der Waals surface area contributed by atoms with Crippen LogP contribution < -0.4 is 5.56 Å². The summed E-state index contributed by atoms with van der Waals surface area (Å²) in [5.74, 6) is -0.320. The van der Waals surface area contributed by atoms with Crippen LogP contribution in [0.3, 0.4) is 0 Å². The Morgan fingerprint density at radius 3 is 2.57 bits per heavy atom. The first-order valence-corrected chi connectivity index (χ1v) is 9.45. The normalized spacial score (nSPS) is 11.4. The van der Waals surface area contributed by atoms with Crippen molar-refractivity contribution in [3.05, 3.63) is 82.5 Å². The van der Waals surface area contributed by atoms with Crippen molar-refractivity contribution < 1.29 is 4.39 Å². The Labute approximate surface area is 169 Å². The molecule has 0 saturated carbocycles. The van der Waals surface area contributed by atoms with Gasteiger partial charge in [-0.3, -0.25) is 14.3 Å². The smallest absolute Gasteiger partial charge is 0.283 e. The van der Waals surface area contributed by atoms with E-state index in [-0.39, 0.29) is 23.4 Å². The minimum Gasteiger partial charge on any atom is -0.291 e. The summed E-state index contributed by atoms with van der Waals surface area (Å²) in [4.78, 5) is 21.6. The zero-order valence-electron chi connectivity index (χ0n) is 16.0. The Hall–Kier alpha value is -4.01. The van der Waals surface area contributed by atoms with E-state index >= 15 is 0 Å². The molecule has 4 heterocycles. The number of aromatic nitrogens is 7. The molecule has 0 aliphatic carbocycles. The predicted molar refractivity (Wildman–Crippen MR) is 108 cm³/mol. The summed E-state index contributed by atoms with van der Waals surface area (Å²) >= 11 is 0. The van der Waals surface area contributed by atoms with Crippen LogP contribution in [0, 0.1) is 5.82 Å². The second-order valence-corrected chi connectivity index (χ2v) is 6.79. The van der Waals surface area contributed by atoms with Gasteiger partial charge in [0.05, 0.1) is 23.5 Å². The molecule has 1 aromatic carbocycles. The minimum atomic E-state index is -0.322. The number of fused-ring (bicyclic) bond motifs is 3. The summed E-state index contributed by atoms with van der Waals surface area (Å²) in [6, 6.07) is 11.6. The summed E-state index contributed by atoms with van der Waals surface area (Å²) < 4.78 is 16.3. The number of hydrogen-bond donors (Lipinski definition) is 0. The molecule has 0 aliphatic rings. The quantitative estimate of drug-likeness (QED) is 0.460. The fourth-order valence-corrected chi connectivity index (χ4v) is 3.44. The van der Waals surface area contributed by atoms with Gasteiger partial charge in [-0.25, -0.2) is 9.37 Å². The molecule has 0 radical (unpaired) electrons. The highest BCUT2D eigenvalue weighted by Crippen LogP contribution is 2.28. The maximum atomic E-state index is 13.4. The van der Waals surface area contributed by atoms with Gasteiger partial charge in [0.2, 0.25) is 0 Å². The van der Waals surface area contributed by atoms with Gasteiger partial charge in [-0.1, -0.05) is 25.1 Å². The average Bonchev–Trinajstić information content (AvgIpc) is 3.16. The molecule has 5 rings (SSSR count). The minimum absolute atomic E-state index is 0.122. The molecule has 9 heteroatoms. The number of benzene rings is 1. The number of hydrogen-bond acceptors (Lipinski definition) is 6. The third-order valence-electron chi connectivity index (χ3n) is 4.90. The Bertz CT molecular complexity index is 1430. The molecule has 4 aromatic heterocycles. The second-order valence-electron chi connectivity index (χ2n) is 6.79. The highest BCUT2D eigenvalue weighted by molar-refractivity contribution is 5.83. The number of nitrogens with zero attached hydrogens (tertiary/aromatic N) is 7. The van der Waals surface area contributed by atoms with Gasteiger partial charge >= 0.3 is 0 Å². The molecule has 0 fully saturated rings. The first kappa shape index (κ1) is 18.0. The topological polar surface area (TPSA) is 90.9 Å². The molecule has 0 bridgehead atoms. The van der Waals surface area contributed by atoms with Gasteiger partial charge in [0.1, 0.15) is 12.1 Å². The molecule has 0 atom stereocenters. The Morgan fingerprint density at radius 2 is 1.83 bits per heavy atom. The lowest BCUT2D eigenvalue weighted by Crippen LogP contribution is -2.23. The van der Waals surface area contributed by atoms with Crippen LogP contribution in [0.1, 0.15) is 18.3 Å². The fourth-order valence-electron chi connectivity index (χ4n) is 3.44. The number of halogens is 1. The van der Waals surface area contributed by atoms with Crippen LogP contribution in [0.4, 0.5) is 4.39 Å². The van der Waals surface area contributed by atoms with Crippen molar-refractivity contribution in [1.29, 1.82) is 0 Å². The first-order chi connectivity index (χ1) is 14.7. The first-order valence-electron chi connectivity index (χ1n) is 9.45. The van der Waals surface area contributed by atoms with E-state index in [1.54, 1.807) is 18.3 Å². The van der Waals surface area contributed by atoms with E-state index in [1.807, 2.05) is 25.1 Å². The van der Waals surface area contributed by atoms with Crippen molar-refractivity contribution >= 4 is 16.8 Å². The standard InChI is InChI=1S/C21H16FN7O/c1-2-16-17(13-6-8-14(22)9-7-13)19-26-25-18-20(29(19)27-16)24-12-28(21(18)30)11-15-5-3-4-10-23-15/h3-10,12H,2,11H2,1H3. The zero-order chi connectivity index (χ0) is 20.7. The molecule has 30 heavy (non-hydrogen) atoms. The molecule has 0 amide bonds. The lowest BCUT2D eigenvalue weighted by molar-refractivity contribution is 0.628. The molecule has 148 valence electrons. The van der Waals surface area contributed by atoms with Crippen LogP contribution in [0.2, 0.25) is 0 Å². The monoisotopic (exact) mass is 401 g/mol. The second kappa shape index (κ2) is 7.11. The van der Waals surface area contributed by atoms with Crippen LogP contribution in [-0.2, 0) is 13.0 Å². The van der Waals surface area contributed by atoms with Crippen LogP contribution in [0.5, 0.6) is 0 Å². The van der Waals surface area contributed by atoms with E-state index in [0.717, 1.165) is 22.5 Å². The SMILES string of the molecule is CCc1nn2c(nnc3c(=O)n(Cc4ccccn4)cnc32)c1-c1ccc(F)cc1. The van der Waals surface area contributed by atoms with Crippen LogP contribution in [0.25, 0.3) is 27.9 Å². The van der Waals surface area contributed by atoms with Crippen LogP contribution in [0.15, 0.2) is 59.8 Å². The zero-order valence-corrected chi connectivity index (χ0v) is 16.0. The van der Waals surface area contributed by atoms with Crippen molar-refractivity contribution in [3.63, 3.8) is 0 Å². The van der Waals surface area contributed by atoms with Crippen molar-refractivity contribution in [2.45, 2.75) is 19.9 Å². The fraction of sp³-hybridized carbons (Fsp3) is 0.143. The van der Waals surface area contributed by atoms with Gasteiger partial charge in [-0.05, 0) is 36.2 Å². The van der Waals surface area contributed by atoms with Gasteiger partial charge < -0.3 is 0 Å². The summed E-state index contributed by atoms with van der Waals surface area (Å²) in [5.41, 5.74) is 3.63. The lowest BCUT2D eigenvalue weighted by atomic mass is 10.0. The molecule has 0 saturated heterocycles. The summed E-state index contributed by atoms with van der Waals surface area (Å²) in [6.45, 7) is 2.25. The van der Waals surface area contributed by atoms with Crippen molar-refractivity contribution in [3.8, 4) is 11.1 Å². The number of rotatable bonds is 4. The van der Waals surface area contributed by atoms with Crippen LogP contribution in [-0.4, -0.2) is 34.3 Å². The molecule has 8 nitrogen and oxygen atoms in total. The average molecular weight is 401 g/mol. The van der Waals surface area contributed by atoms with E-state index in [0.29, 0.717) is 17.7 Å². The van der Waals surface area contributed by atoms with Gasteiger partial charge in [0.15, 0.2) is 16.8 Å². The maximum Gasteiger partial charge on any atom is 0.283 e. The van der Waals surface area contributed by atoms with Gasteiger partial charge in [0, 0.05) is 6.20 Å². The summed E-state index contributed by atoms with van der Waals surface area (Å²) in [6.07, 6.45) is 3.77. The maximum absolute atomic E-state index is 13.4. The van der Waals surface area contributed by atoms with Crippen molar-refractivity contribution in [1.82, 2.24) is 34.3 Å². The van der Waals surface area contributed by atoms with Crippen molar-refractivity contribution in [2.75, 3.05) is 0 Å². The molecule has 0 aliphatic heterocycles. The molecule has 5 aromatic rings. The van der Waals surface area contributed by atoms with Gasteiger partial charge in [-0.2, -0.15) is 9.61 Å². The van der Waals surface area contributed by atoms with E-state index in [4.69, 9.17) is 0 Å². The van der Waals surface area contributed by atoms with Crippen molar-refractivity contribution in [2.24, 2.45) is 0 Å². The lowest BCUT2D eigenvalue weighted by Gasteiger charge is -2.06. The Morgan fingerprint density at radius 1 is 1.00 bits per heavy atom. The summed E-state index contributed by atoms with van der Waals surface area (Å²) in [7, 11) is 0. The Balaban J connectivity index is 1.70. The van der Waals surface area contributed by atoms with E-state index < -0.39 is 0 Å².